The summed E-state index contributed by atoms with van der Waals surface area (Å²) >= 11 is 0. The second-order valence-electron chi connectivity index (χ2n) is 3.75. The molecule has 0 radical (unpaired) electrons. The van der Waals surface area contributed by atoms with E-state index in [1.165, 1.54) is 0 Å². The maximum absolute atomic E-state index is 3.92. The zero-order valence-electron chi connectivity index (χ0n) is 6.68. The van der Waals surface area contributed by atoms with E-state index in [2.05, 4.69) is 42.1 Å². The Balaban J connectivity index is 2.31. The van der Waals surface area contributed by atoms with Gasteiger partial charge in [-0.15, -0.1) is 5.11 Å². The Kier molecular flexibility index (Phi) is 1.89. The van der Waals surface area contributed by atoms with Gasteiger partial charge in [0, 0.05) is 0 Å². The predicted molar refractivity (Wildman–Crippen MR) is 39.0 cm³/mol. The summed E-state index contributed by atoms with van der Waals surface area (Å²) in [5.41, 5.74) is 5.84. The average molecular weight is 142 g/mol. The average Bonchev–Trinajstić information content (AvgIpc) is 2.12. The fourth-order valence-corrected chi connectivity index (χ4v) is 0.903. The van der Waals surface area contributed by atoms with Gasteiger partial charge in [0.15, 0.2) is 0 Å². The maximum atomic E-state index is 3.92. The van der Waals surface area contributed by atoms with Crippen LogP contribution in [0.5, 0.6) is 0 Å². The van der Waals surface area contributed by atoms with Crippen molar-refractivity contribution in [3.05, 3.63) is 0 Å². The minimum absolute atomic E-state index is 0.153. The molecule has 58 valence electrons. The molecule has 2 N–H and O–H groups in total. The molecule has 1 atom stereocenters. The van der Waals surface area contributed by atoms with Crippen LogP contribution in [0.2, 0.25) is 0 Å². The molecule has 1 heterocycles. The summed E-state index contributed by atoms with van der Waals surface area (Å²) in [6, 6.07) is 0. The van der Waals surface area contributed by atoms with Gasteiger partial charge in [0.25, 0.3) is 0 Å². The van der Waals surface area contributed by atoms with E-state index >= 15 is 0 Å². The third-order valence-electron chi connectivity index (χ3n) is 1.28. The maximum Gasteiger partial charge on any atom is 0.141 e. The van der Waals surface area contributed by atoms with Crippen molar-refractivity contribution in [3.63, 3.8) is 0 Å². The monoisotopic (exact) mass is 142 g/mol. The van der Waals surface area contributed by atoms with Crippen molar-refractivity contribution >= 4 is 0 Å². The molecule has 4 nitrogen and oxygen atoms in total. The zero-order valence-corrected chi connectivity index (χ0v) is 6.68. The van der Waals surface area contributed by atoms with Gasteiger partial charge < -0.3 is 0 Å². The third-order valence-corrected chi connectivity index (χ3v) is 1.28. The highest BCUT2D eigenvalue weighted by molar-refractivity contribution is 4.71. The Labute approximate surface area is 61.0 Å². The van der Waals surface area contributed by atoms with E-state index in [9.17, 15) is 0 Å². The van der Waals surface area contributed by atoms with E-state index in [-0.39, 0.29) is 6.17 Å². The van der Waals surface area contributed by atoms with Crippen LogP contribution in [-0.2, 0) is 0 Å². The lowest BCUT2D eigenvalue weighted by Gasteiger charge is -2.19. The van der Waals surface area contributed by atoms with Crippen molar-refractivity contribution in [3.8, 4) is 0 Å². The first-order valence-electron chi connectivity index (χ1n) is 3.48. The minimum Gasteiger partial charge on any atom is -0.222 e. The van der Waals surface area contributed by atoms with Crippen LogP contribution in [0.3, 0.4) is 0 Å². The van der Waals surface area contributed by atoms with Crippen LogP contribution in [0.1, 0.15) is 27.2 Å². The zero-order chi connectivity index (χ0) is 7.61. The number of hydrogen-bond acceptors (Lipinski definition) is 4. The van der Waals surface area contributed by atoms with E-state index in [4.69, 9.17) is 0 Å². The SMILES string of the molecule is CC(C)(C)CC1N=NNN1. The normalized spacial score (nSPS) is 24.9. The van der Waals surface area contributed by atoms with Gasteiger partial charge in [0.1, 0.15) is 6.17 Å². The van der Waals surface area contributed by atoms with Gasteiger partial charge in [0.05, 0.1) is 0 Å². The van der Waals surface area contributed by atoms with Crippen LogP contribution in [-0.4, -0.2) is 6.17 Å². The van der Waals surface area contributed by atoms with E-state index in [1.54, 1.807) is 0 Å². The van der Waals surface area contributed by atoms with E-state index in [0.717, 1.165) is 6.42 Å². The molecule has 1 aliphatic rings. The highest BCUT2D eigenvalue weighted by Gasteiger charge is 2.19. The Morgan fingerprint density at radius 2 is 2.10 bits per heavy atom. The molecule has 1 aliphatic heterocycles. The molecule has 0 fully saturated rings. The highest BCUT2D eigenvalue weighted by Crippen LogP contribution is 2.21. The molecule has 0 saturated carbocycles. The number of rotatable bonds is 1. The van der Waals surface area contributed by atoms with Crippen LogP contribution in [0.4, 0.5) is 0 Å². The first-order valence-corrected chi connectivity index (χ1v) is 3.48. The molecule has 0 amide bonds. The fraction of sp³-hybridized carbons (Fsp3) is 1.00. The standard InChI is InChI=1S/C6H14N4/c1-6(2,3)4-5-7-9-10-8-5/h5H,4H2,1-3H3,(H,7,10)(H,8,9). The van der Waals surface area contributed by atoms with E-state index in [0.29, 0.717) is 5.41 Å². The molecular weight excluding hydrogens is 128 g/mol. The van der Waals surface area contributed by atoms with Crippen molar-refractivity contribution in [1.82, 2.24) is 11.0 Å². The minimum atomic E-state index is 0.153. The summed E-state index contributed by atoms with van der Waals surface area (Å²) in [7, 11) is 0. The highest BCUT2D eigenvalue weighted by atomic mass is 15.7. The summed E-state index contributed by atoms with van der Waals surface area (Å²) in [5.74, 6) is 0. The van der Waals surface area contributed by atoms with Gasteiger partial charge in [0.2, 0.25) is 0 Å². The Morgan fingerprint density at radius 1 is 1.40 bits per heavy atom. The Morgan fingerprint density at radius 3 is 2.50 bits per heavy atom. The molecule has 0 spiro atoms. The van der Waals surface area contributed by atoms with Crippen LogP contribution < -0.4 is 11.0 Å². The Bertz CT molecular complexity index is 135. The topological polar surface area (TPSA) is 48.8 Å². The summed E-state index contributed by atoms with van der Waals surface area (Å²) < 4.78 is 0. The largest absolute Gasteiger partial charge is 0.222 e. The van der Waals surface area contributed by atoms with Gasteiger partial charge in [-0.2, -0.15) is 5.43 Å². The molecule has 0 aromatic rings. The van der Waals surface area contributed by atoms with Crippen LogP contribution in [0.15, 0.2) is 10.3 Å². The molecule has 0 aliphatic carbocycles. The van der Waals surface area contributed by atoms with Crippen molar-refractivity contribution in [1.29, 1.82) is 0 Å². The number of hydrazine groups is 1. The number of nitrogens with one attached hydrogen (secondary N) is 2. The van der Waals surface area contributed by atoms with Crippen LogP contribution in [0.25, 0.3) is 0 Å². The smallest absolute Gasteiger partial charge is 0.141 e. The lowest BCUT2D eigenvalue weighted by molar-refractivity contribution is 0.317. The molecule has 0 aromatic carbocycles. The molecule has 1 unspecified atom stereocenters. The first-order chi connectivity index (χ1) is 4.58. The first kappa shape index (κ1) is 7.47. The van der Waals surface area contributed by atoms with Crippen molar-refractivity contribution < 1.29 is 0 Å². The van der Waals surface area contributed by atoms with Gasteiger partial charge in [-0.25, -0.2) is 5.53 Å². The molecule has 1 rings (SSSR count). The summed E-state index contributed by atoms with van der Waals surface area (Å²) in [6.45, 7) is 6.55. The number of hydrogen-bond donors (Lipinski definition) is 2. The van der Waals surface area contributed by atoms with Gasteiger partial charge in [-0.1, -0.05) is 26.0 Å². The van der Waals surface area contributed by atoms with Gasteiger partial charge in [-0.3, -0.25) is 0 Å². The summed E-state index contributed by atoms with van der Waals surface area (Å²) in [4.78, 5) is 0. The summed E-state index contributed by atoms with van der Waals surface area (Å²) in [5, 5.41) is 7.54. The summed E-state index contributed by atoms with van der Waals surface area (Å²) in [6.07, 6.45) is 1.16. The van der Waals surface area contributed by atoms with E-state index < -0.39 is 0 Å². The molecule has 10 heavy (non-hydrogen) atoms. The van der Waals surface area contributed by atoms with Crippen molar-refractivity contribution in [2.45, 2.75) is 33.4 Å². The van der Waals surface area contributed by atoms with E-state index in [1.807, 2.05) is 0 Å². The molecule has 0 bridgehead atoms. The fourth-order valence-electron chi connectivity index (χ4n) is 0.903. The quantitative estimate of drug-likeness (QED) is 0.578. The lowest BCUT2D eigenvalue weighted by Crippen LogP contribution is -2.33. The van der Waals surface area contributed by atoms with Gasteiger partial charge >= 0.3 is 0 Å². The predicted octanol–water partition coefficient (Wildman–Crippen LogP) is 1.22. The van der Waals surface area contributed by atoms with Crippen LogP contribution >= 0.6 is 0 Å². The lowest BCUT2D eigenvalue weighted by atomic mass is 9.91. The molecule has 0 aromatic heterocycles. The van der Waals surface area contributed by atoms with Crippen molar-refractivity contribution in [2.24, 2.45) is 15.8 Å². The second kappa shape index (κ2) is 2.54. The molecular formula is C6H14N4. The molecule has 0 saturated heterocycles. The number of nitrogens with zero attached hydrogens (tertiary/aromatic N) is 2. The Hall–Kier alpha value is -0.640. The van der Waals surface area contributed by atoms with Gasteiger partial charge in [-0.05, 0) is 11.8 Å². The second-order valence-corrected chi connectivity index (χ2v) is 3.75. The van der Waals surface area contributed by atoms with Crippen molar-refractivity contribution in [2.75, 3.05) is 0 Å². The van der Waals surface area contributed by atoms with Crippen LogP contribution in [0, 0.1) is 5.41 Å². The third kappa shape index (κ3) is 2.31. The molecule has 4 heteroatoms.